The SMILES string of the molecule is COc1ccc(C(=O)NNC(=O)c2cccc(OC(C)C)c2)cc1I. The molecule has 2 aromatic carbocycles. The fourth-order valence-corrected chi connectivity index (χ4v) is 2.78. The van der Waals surface area contributed by atoms with E-state index in [0.29, 0.717) is 22.6 Å². The van der Waals surface area contributed by atoms with E-state index in [1.54, 1.807) is 49.6 Å². The summed E-state index contributed by atoms with van der Waals surface area (Å²) in [5.74, 6) is 0.441. The Morgan fingerprint density at radius 1 is 1.00 bits per heavy atom. The topological polar surface area (TPSA) is 76.7 Å². The summed E-state index contributed by atoms with van der Waals surface area (Å²) in [6.07, 6.45) is 0.00978. The third-order valence-corrected chi connectivity index (χ3v) is 4.01. The van der Waals surface area contributed by atoms with E-state index in [9.17, 15) is 9.59 Å². The molecule has 132 valence electrons. The second-order valence-electron chi connectivity index (χ2n) is 5.45. The molecule has 0 fully saturated rings. The van der Waals surface area contributed by atoms with Crippen LogP contribution in [-0.4, -0.2) is 25.0 Å². The van der Waals surface area contributed by atoms with Crippen molar-refractivity contribution >= 4 is 34.4 Å². The minimum Gasteiger partial charge on any atom is -0.496 e. The number of hydrogen-bond donors (Lipinski definition) is 2. The second kappa shape index (κ2) is 8.70. The standard InChI is InChI=1S/C18H19IN2O4/c1-11(2)25-14-6-4-5-12(9-14)17(22)20-21-18(23)13-7-8-16(24-3)15(19)10-13/h4-11H,1-3H3,(H,20,22)(H,21,23). The van der Waals surface area contributed by atoms with E-state index in [1.165, 1.54) is 0 Å². The summed E-state index contributed by atoms with van der Waals surface area (Å²) in [6, 6.07) is 11.8. The van der Waals surface area contributed by atoms with Gasteiger partial charge in [-0.25, -0.2) is 0 Å². The maximum Gasteiger partial charge on any atom is 0.269 e. The molecular formula is C18H19IN2O4. The van der Waals surface area contributed by atoms with Crippen molar-refractivity contribution in [3.8, 4) is 11.5 Å². The molecule has 0 aromatic heterocycles. The number of carbonyl (C=O) groups excluding carboxylic acids is 2. The van der Waals surface area contributed by atoms with Crippen LogP contribution in [0, 0.1) is 3.57 Å². The smallest absolute Gasteiger partial charge is 0.269 e. The first-order valence-corrected chi connectivity index (χ1v) is 8.69. The van der Waals surface area contributed by atoms with Crippen molar-refractivity contribution in [3.05, 3.63) is 57.2 Å². The quantitative estimate of drug-likeness (QED) is 0.538. The zero-order chi connectivity index (χ0) is 18.4. The van der Waals surface area contributed by atoms with Crippen LogP contribution < -0.4 is 20.3 Å². The number of rotatable bonds is 5. The maximum absolute atomic E-state index is 12.2. The first kappa shape index (κ1) is 19.0. The van der Waals surface area contributed by atoms with Gasteiger partial charge in [0, 0.05) is 11.1 Å². The van der Waals surface area contributed by atoms with Crippen molar-refractivity contribution in [2.24, 2.45) is 0 Å². The van der Waals surface area contributed by atoms with Gasteiger partial charge in [-0.1, -0.05) is 6.07 Å². The third kappa shape index (κ3) is 5.35. The third-order valence-electron chi connectivity index (χ3n) is 3.17. The summed E-state index contributed by atoms with van der Waals surface area (Å²) in [5, 5.41) is 0. The lowest BCUT2D eigenvalue weighted by Gasteiger charge is -2.12. The number of carbonyl (C=O) groups is 2. The lowest BCUT2D eigenvalue weighted by molar-refractivity contribution is 0.0846. The monoisotopic (exact) mass is 454 g/mol. The van der Waals surface area contributed by atoms with Gasteiger partial charge in [-0.3, -0.25) is 20.4 Å². The van der Waals surface area contributed by atoms with E-state index in [1.807, 2.05) is 13.8 Å². The van der Waals surface area contributed by atoms with Crippen LogP contribution in [0.1, 0.15) is 34.6 Å². The van der Waals surface area contributed by atoms with Gasteiger partial charge in [0.25, 0.3) is 11.8 Å². The predicted molar refractivity (Wildman–Crippen MR) is 103 cm³/mol. The van der Waals surface area contributed by atoms with Gasteiger partial charge in [0.15, 0.2) is 0 Å². The van der Waals surface area contributed by atoms with Crippen molar-refractivity contribution in [2.45, 2.75) is 20.0 Å². The Morgan fingerprint density at radius 3 is 2.20 bits per heavy atom. The number of hydrazine groups is 1. The van der Waals surface area contributed by atoms with Crippen molar-refractivity contribution in [2.75, 3.05) is 7.11 Å². The van der Waals surface area contributed by atoms with E-state index in [-0.39, 0.29) is 6.10 Å². The van der Waals surface area contributed by atoms with Crippen LogP contribution >= 0.6 is 22.6 Å². The van der Waals surface area contributed by atoms with Crippen molar-refractivity contribution in [3.63, 3.8) is 0 Å². The Morgan fingerprint density at radius 2 is 1.64 bits per heavy atom. The first-order valence-electron chi connectivity index (χ1n) is 7.61. The molecule has 0 spiro atoms. The lowest BCUT2D eigenvalue weighted by atomic mass is 10.2. The summed E-state index contributed by atoms with van der Waals surface area (Å²) < 4.78 is 11.5. The minimum absolute atomic E-state index is 0.00978. The van der Waals surface area contributed by atoms with Gasteiger partial charge in [0.1, 0.15) is 11.5 Å². The number of benzene rings is 2. The molecule has 6 nitrogen and oxygen atoms in total. The Labute approximate surface area is 160 Å². The molecule has 0 atom stereocenters. The number of hydrogen-bond acceptors (Lipinski definition) is 4. The zero-order valence-corrected chi connectivity index (χ0v) is 16.3. The minimum atomic E-state index is -0.425. The average Bonchev–Trinajstić information content (AvgIpc) is 2.58. The van der Waals surface area contributed by atoms with Crippen LogP contribution in [0.5, 0.6) is 11.5 Å². The van der Waals surface area contributed by atoms with Crippen molar-refractivity contribution in [1.82, 2.24) is 10.9 Å². The fourth-order valence-electron chi connectivity index (χ4n) is 2.05. The van der Waals surface area contributed by atoms with Crippen LogP contribution in [0.4, 0.5) is 0 Å². The Hall–Kier alpha value is -2.29. The molecule has 2 amide bonds. The normalized spacial score (nSPS) is 10.3. The molecule has 7 heteroatoms. The molecule has 0 bridgehead atoms. The molecule has 0 aliphatic carbocycles. The zero-order valence-electron chi connectivity index (χ0n) is 14.1. The van der Waals surface area contributed by atoms with Gasteiger partial charge in [-0.15, -0.1) is 0 Å². The summed E-state index contributed by atoms with van der Waals surface area (Å²) in [4.78, 5) is 24.3. The van der Waals surface area contributed by atoms with Crippen LogP contribution in [0.3, 0.4) is 0 Å². The molecule has 2 rings (SSSR count). The molecule has 0 radical (unpaired) electrons. The molecule has 2 aromatic rings. The van der Waals surface area contributed by atoms with E-state index < -0.39 is 11.8 Å². The molecule has 0 saturated carbocycles. The number of amides is 2. The number of ether oxygens (including phenoxy) is 2. The molecular weight excluding hydrogens is 435 g/mol. The highest BCUT2D eigenvalue weighted by Crippen LogP contribution is 2.21. The largest absolute Gasteiger partial charge is 0.496 e. The molecule has 0 unspecified atom stereocenters. The highest BCUT2D eigenvalue weighted by Gasteiger charge is 2.12. The summed E-state index contributed by atoms with van der Waals surface area (Å²) in [7, 11) is 1.56. The Kier molecular flexibility index (Phi) is 6.63. The van der Waals surface area contributed by atoms with Gasteiger partial charge in [0.05, 0.1) is 16.8 Å². The highest BCUT2D eigenvalue weighted by atomic mass is 127. The maximum atomic E-state index is 12.2. The van der Waals surface area contributed by atoms with Crippen LogP contribution in [0.2, 0.25) is 0 Å². The average molecular weight is 454 g/mol. The van der Waals surface area contributed by atoms with Crippen LogP contribution in [-0.2, 0) is 0 Å². The van der Waals surface area contributed by atoms with E-state index in [0.717, 1.165) is 3.57 Å². The molecule has 0 aliphatic rings. The molecule has 25 heavy (non-hydrogen) atoms. The fraction of sp³-hybridized carbons (Fsp3) is 0.222. The lowest BCUT2D eigenvalue weighted by Crippen LogP contribution is -2.41. The molecule has 0 aliphatic heterocycles. The van der Waals surface area contributed by atoms with Crippen molar-refractivity contribution < 1.29 is 19.1 Å². The van der Waals surface area contributed by atoms with Gasteiger partial charge in [-0.2, -0.15) is 0 Å². The highest BCUT2D eigenvalue weighted by molar-refractivity contribution is 14.1. The Balaban J connectivity index is 1.99. The number of nitrogens with one attached hydrogen (secondary N) is 2. The van der Waals surface area contributed by atoms with Gasteiger partial charge in [0.2, 0.25) is 0 Å². The molecule has 2 N–H and O–H groups in total. The van der Waals surface area contributed by atoms with E-state index >= 15 is 0 Å². The van der Waals surface area contributed by atoms with E-state index in [4.69, 9.17) is 9.47 Å². The van der Waals surface area contributed by atoms with Gasteiger partial charge in [-0.05, 0) is 72.8 Å². The first-order chi connectivity index (χ1) is 11.9. The summed E-state index contributed by atoms with van der Waals surface area (Å²) >= 11 is 2.08. The van der Waals surface area contributed by atoms with Crippen LogP contribution in [0.15, 0.2) is 42.5 Å². The predicted octanol–water partition coefficient (Wildman–Crippen LogP) is 3.16. The molecule has 0 heterocycles. The number of halogens is 1. The Bertz CT molecular complexity index is 777. The number of methoxy groups -OCH3 is 1. The second-order valence-corrected chi connectivity index (χ2v) is 6.61. The molecule has 0 saturated heterocycles. The van der Waals surface area contributed by atoms with Crippen LogP contribution in [0.25, 0.3) is 0 Å². The summed E-state index contributed by atoms with van der Waals surface area (Å²) in [6.45, 7) is 3.81. The van der Waals surface area contributed by atoms with E-state index in [2.05, 4.69) is 33.4 Å². The van der Waals surface area contributed by atoms with Gasteiger partial charge >= 0.3 is 0 Å². The van der Waals surface area contributed by atoms with Crippen molar-refractivity contribution in [1.29, 1.82) is 0 Å². The summed E-state index contributed by atoms with van der Waals surface area (Å²) in [5.41, 5.74) is 5.61. The van der Waals surface area contributed by atoms with Gasteiger partial charge < -0.3 is 9.47 Å².